The number of hydrogen-bond acceptors (Lipinski definition) is 4. The van der Waals surface area contributed by atoms with Gasteiger partial charge in [0.05, 0.1) is 17.8 Å². The lowest BCUT2D eigenvalue weighted by atomic mass is 10.2. The van der Waals surface area contributed by atoms with Crippen LogP contribution in [-0.4, -0.2) is 29.0 Å². The lowest BCUT2D eigenvalue weighted by Crippen LogP contribution is -2.25. The molecule has 0 bridgehead atoms. The van der Waals surface area contributed by atoms with E-state index in [9.17, 15) is 9.18 Å². The summed E-state index contributed by atoms with van der Waals surface area (Å²) < 4.78 is 13.5. The predicted octanol–water partition coefficient (Wildman–Crippen LogP) is 2.15. The number of aromatic nitrogens is 2. The van der Waals surface area contributed by atoms with E-state index in [0.717, 1.165) is 25.9 Å². The van der Waals surface area contributed by atoms with Crippen LogP contribution in [0, 0.1) is 5.82 Å². The van der Waals surface area contributed by atoms with Crippen LogP contribution in [-0.2, 0) is 6.54 Å². The Morgan fingerprint density at radius 1 is 1.23 bits per heavy atom. The summed E-state index contributed by atoms with van der Waals surface area (Å²) in [4.78, 5) is 22.8. The molecule has 1 N–H and O–H groups in total. The molecule has 1 amide bonds. The Labute approximate surface area is 128 Å². The van der Waals surface area contributed by atoms with Crippen LogP contribution in [0.3, 0.4) is 0 Å². The summed E-state index contributed by atoms with van der Waals surface area (Å²) in [6.07, 6.45) is 3.99. The third-order valence-electron chi connectivity index (χ3n) is 3.64. The molecule has 1 aliphatic rings. The first-order valence-corrected chi connectivity index (χ1v) is 7.33. The monoisotopic (exact) mass is 300 g/mol. The number of benzene rings is 1. The van der Waals surface area contributed by atoms with Gasteiger partial charge in [0.1, 0.15) is 5.82 Å². The van der Waals surface area contributed by atoms with Crippen molar-refractivity contribution in [2.24, 2.45) is 0 Å². The molecule has 0 radical (unpaired) electrons. The first kappa shape index (κ1) is 14.4. The van der Waals surface area contributed by atoms with Crippen molar-refractivity contribution in [3.63, 3.8) is 0 Å². The molecule has 1 fully saturated rings. The van der Waals surface area contributed by atoms with E-state index in [-0.39, 0.29) is 12.1 Å². The van der Waals surface area contributed by atoms with Gasteiger partial charge >= 0.3 is 0 Å². The fourth-order valence-corrected chi connectivity index (χ4v) is 2.46. The number of carbonyl (C=O) groups excluding carboxylic acids is 1. The number of hydrogen-bond donors (Lipinski definition) is 1. The van der Waals surface area contributed by atoms with E-state index in [0.29, 0.717) is 11.6 Å². The summed E-state index contributed by atoms with van der Waals surface area (Å²) in [5.74, 6) is -0.282. The van der Waals surface area contributed by atoms with E-state index in [1.165, 1.54) is 12.1 Å². The topological polar surface area (TPSA) is 58.1 Å². The molecule has 2 aromatic rings. The lowest BCUT2D eigenvalue weighted by molar-refractivity contribution is 0.0946. The first-order chi connectivity index (χ1) is 10.7. The molecule has 114 valence electrons. The van der Waals surface area contributed by atoms with Gasteiger partial charge < -0.3 is 10.2 Å². The molecule has 6 heteroatoms. The highest BCUT2D eigenvalue weighted by Crippen LogP contribution is 2.15. The fraction of sp³-hybridized carbons (Fsp3) is 0.312. The van der Waals surface area contributed by atoms with Crippen molar-refractivity contribution < 1.29 is 9.18 Å². The van der Waals surface area contributed by atoms with E-state index in [2.05, 4.69) is 20.2 Å². The molecule has 22 heavy (non-hydrogen) atoms. The van der Waals surface area contributed by atoms with Crippen LogP contribution >= 0.6 is 0 Å². The maximum Gasteiger partial charge on any atom is 0.254 e. The van der Waals surface area contributed by atoms with Crippen molar-refractivity contribution in [2.75, 3.05) is 18.0 Å². The van der Waals surface area contributed by atoms with Gasteiger partial charge in [0.15, 0.2) is 0 Å². The van der Waals surface area contributed by atoms with Gasteiger partial charge in [-0.2, -0.15) is 0 Å². The largest absolute Gasteiger partial charge is 0.346 e. The number of nitrogens with zero attached hydrogens (tertiary/aromatic N) is 3. The summed E-state index contributed by atoms with van der Waals surface area (Å²) in [7, 11) is 0. The van der Waals surface area contributed by atoms with Gasteiger partial charge in [-0.3, -0.25) is 4.79 Å². The average molecular weight is 300 g/mol. The molecular formula is C16H17FN4O. The Hall–Kier alpha value is -2.50. The molecular weight excluding hydrogens is 283 g/mol. The van der Waals surface area contributed by atoms with E-state index >= 15 is 0 Å². The Bertz CT molecular complexity index is 671. The van der Waals surface area contributed by atoms with Crippen LogP contribution in [0.4, 0.5) is 10.3 Å². The fourth-order valence-electron chi connectivity index (χ4n) is 2.46. The molecule has 0 unspecified atom stereocenters. The molecule has 5 nitrogen and oxygen atoms in total. The summed E-state index contributed by atoms with van der Waals surface area (Å²) in [6.45, 7) is 2.17. The van der Waals surface area contributed by atoms with Crippen LogP contribution in [0.5, 0.6) is 0 Å². The molecule has 0 saturated carbocycles. The molecule has 1 saturated heterocycles. The molecule has 0 aliphatic carbocycles. The third kappa shape index (κ3) is 3.21. The minimum atomic E-state index is -0.527. The van der Waals surface area contributed by atoms with Crippen LogP contribution in [0.15, 0.2) is 36.5 Å². The van der Waals surface area contributed by atoms with Gasteiger partial charge in [-0.05, 0) is 31.0 Å². The summed E-state index contributed by atoms with van der Waals surface area (Å²) in [5, 5.41) is 2.69. The van der Waals surface area contributed by atoms with Crippen LogP contribution < -0.4 is 10.2 Å². The van der Waals surface area contributed by atoms with E-state index in [4.69, 9.17) is 0 Å². The summed E-state index contributed by atoms with van der Waals surface area (Å²) >= 11 is 0. The molecule has 1 aromatic heterocycles. The molecule has 0 atom stereocenters. The minimum Gasteiger partial charge on any atom is -0.346 e. The zero-order valence-corrected chi connectivity index (χ0v) is 12.1. The van der Waals surface area contributed by atoms with Crippen LogP contribution in [0.25, 0.3) is 0 Å². The summed E-state index contributed by atoms with van der Waals surface area (Å²) in [5.41, 5.74) is 0.748. The maximum atomic E-state index is 13.5. The van der Waals surface area contributed by atoms with Gasteiger partial charge in [0.25, 0.3) is 5.91 Å². The van der Waals surface area contributed by atoms with E-state index in [1.54, 1.807) is 24.4 Å². The summed E-state index contributed by atoms with van der Waals surface area (Å²) in [6, 6.07) is 7.67. The average Bonchev–Trinajstić information content (AvgIpc) is 3.08. The van der Waals surface area contributed by atoms with Crippen molar-refractivity contribution in [2.45, 2.75) is 19.4 Å². The third-order valence-corrected chi connectivity index (χ3v) is 3.64. The highest BCUT2D eigenvalue weighted by Gasteiger charge is 2.15. The zero-order chi connectivity index (χ0) is 15.4. The standard InChI is InChI=1S/C16H17FN4O/c17-14-6-2-1-5-13(14)15(22)19-11-12-7-8-18-16(20-12)21-9-3-4-10-21/h1-2,5-8H,3-4,9-11H2,(H,19,22). The SMILES string of the molecule is O=C(NCc1ccnc(N2CCCC2)n1)c1ccccc1F. The van der Waals surface area contributed by atoms with Gasteiger partial charge in [-0.15, -0.1) is 0 Å². The minimum absolute atomic E-state index is 0.0383. The number of anilines is 1. The number of halogens is 1. The van der Waals surface area contributed by atoms with Gasteiger partial charge in [0.2, 0.25) is 5.95 Å². The molecule has 1 aliphatic heterocycles. The van der Waals surface area contributed by atoms with Crippen molar-refractivity contribution in [3.05, 3.63) is 53.6 Å². The number of nitrogens with one attached hydrogen (secondary N) is 1. The predicted molar refractivity (Wildman–Crippen MR) is 81.0 cm³/mol. The Morgan fingerprint density at radius 2 is 2.00 bits per heavy atom. The number of carbonyl (C=O) groups is 1. The highest BCUT2D eigenvalue weighted by molar-refractivity contribution is 5.94. The molecule has 3 rings (SSSR count). The first-order valence-electron chi connectivity index (χ1n) is 7.33. The number of amides is 1. The molecule has 0 spiro atoms. The Kier molecular flexibility index (Phi) is 4.27. The second-order valence-electron chi connectivity index (χ2n) is 5.20. The Balaban J connectivity index is 1.65. The van der Waals surface area contributed by atoms with Crippen molar-refractivity contribution >= 4 is 11.9 Å². The highest BCUT2D eigenvalue weighted by atomic mass is 19.1. The molecule has 1 aromatic carbocycles. The van der Waals surface area contributed by atoms with Crippen molar-refractivity contribution in [1.29, 1.82) is 0 Å². The van der Waals surface area contributed by atoms with Crippen LogP contribution in [0.1, 0.15) is 28.9 Å². The van der Waals surface area contributed by atoms with E-state index < -0.39 is 11.7 Å². The van der Waals surface area contributed by atoms with Gasteiger partial charge in [-0.25, -0.2) is 14.4 Å². The van der Waals surface area contributed by atoms with Gasteiger partial charge in [-0.1, -0.05) is 12.1 Å². The van der Waals surface area contributed by atoms with Crippen molar-refractivity contribution in [1.82, 2.24) is 15.3 Å². The van der Waals surface area contributed by atoms with Crippen LogP contribution in [0.2, 0.25) is 0 Å². The van der Waals surface area contributed by atoms with Crippen molar-refractivity contribution in [3.8, 4) is 0 Å². The smallest absolute Gasteiger partial charge is 0.254 e. The number of rotatable bonds is 4. The maximum absolute atomic E-state index is 13.5. The quantitative estimate of drug-likeness (QED) is 0.940. The second-order valence-corrected chi connectivity index (χ2v) is 5.20. The zero-order valence-electron chi connectivity index (χ0n) is 12.1. The normalized spacial score (nSPS) is 14.1. The Morgan fingerprint density at radius 3 is 2.77 bits per heavy atom. The van der Waals surface area contributed by atoms with Gasteiger partial charge in [0, 0.05) is 19.3 Å². The lowest BCUT2D eigenvalue weighted by Gasteiger charge is -2.15. The molecule has 2 heterocycles. The second kappa shape index (κ2) is 6.51. The van der Waals surface area contributed by atoms with E-state index in [1.807, 2.05) is 0 Å².